The van der Waals surface area contributed by atoms with Gasteiger partial charge in [0.2, 0.25) is 0 Å². The minimum atomic E-state index is -1.62. The van der Waals surface area contributed by atoms with Crippen LogP contribution in [0.25, 0.3) is 0 Å². The van der Waals surface area contributed by atoms with Crippen molar-refractivity contribution in [1.82, 2.24) is 10.2 Å². The Labute approximate surface area is 117 Å². The lowest BCUT2D eigenvalue weighted by Crippen LogP contribution is -2.36. The Kier molecular flexibility index (Phi) is 6.20. The molecule has 1 rings (SSSR count). The lowest BCUT2D eigenvalue weighted by molar-refractivity contribution is -0.146. The molecule has 0 saturated heterocycles. The normalized spacial score (nSPS) is 12.4. The number of carbonyl (C=O) groups excluding carboxylic acids is 1. The molecule has 0 aliphatic carbocycles. The summed E-state index contributed by atoms with van der Waals surface area (Å²) in [4.78, 5) is 24.2. The van der Waals surface area contributed by atoms with E-state index in [0.29, 0.717) is 12.3 Å². The molecule has 1 heterocycles. The van der Waals surface area contributed by atoms with Crippen LogP contribution in [0.1, 0.15) is 30.2 Å². The zero-order chi connectivity index (χ0) is 15.1. The van der Waals surface area contributed by atoms with E-state index in [1.54, 1.807) is 6.07 Å². The number of carboxylic acid groups (broad SMARTS) is 1. The van der Waals surface area contributed by atoms with Gasteiger partial charge >= 0.3 is 5.97 Å². The molecule has 1 amide bonds. The smallest absolute Gasteiger partial charge is 0.334 e. The van der Waals surface area contributed by atoms with E-state index in [9.17, 15) is 9.59 Å². The first kappa shape index (κ1) is 16.2. The van der Waals surface area contributed by atoms with Crippen molar-refractivity contribution in [2.24, 2.45) is 0 Å². The first-order chi connectivity index (χ1) is 9.47. The average Bonchev–Trinajstić information content (AvgIpc) is 2.90. The number of aliphatic hydroxyl groups is 1. The second kappa shape index (κ2) is 7.66. The van der Waals surface area contributed by atoms with Gasteiger partial charge in [0.15, 0.2) is 11.9 Å². The molecule has 7 heteroatoms. The predicted molar refractivity (Wildman–Crippen MR) is 71.3 cm³/mol. The monoisotopic (exact) mass is 284 g/mol. The van der Waals surface area contributed by atoms with Crippen LogP contribution < -0.4 is 5.32 Å². The molecule has 0 radical (unpaired) electrons. The third-order valence-corrected chi connectivity index (χ3v) is 2.90. The summed E-state index contributed by atoms with van der Waals surface area (Å²) in [6.07, 6.45) is -1.62. The minimum Gasteiger partial charge on any atom is -0.479 e. The summed E-state index contributed by atoms with van der Waals surface area (Å²) >= 11 is 0. The van der Waals surface area contributed by atoms with Crippen LogP contribution in [0.3, 0.4) is 0 Å². The summed E-state index contributed by atoms with van der Waals surface area (Å²) in [5.41, 5.74) is 0. The van der Waals surface area contributed by atoms with Gasteiger partial charge in [-0.05, 0) is 25.2 Å². The molecule has 112 valence electrons. The third kappa shape index (κ3) is 4.67. The van der Waals surface area contributed by atoms with Crippen LogP contribution in [0.5, 0.6) is 0 Å². The fourth-order valence-electron chi connectivity index (χ4n) is 1.62. The van der Waals surface area contributed by atoms with E-state index in [4.69, 9.17) is 14.6 Å². The van der Waals surface area contributed by atoms with Crippen molar-refractivity contribution >= 4 is 11.9 Å². The van der Waals surface area contributed by atoms with Gasteiger partial charge in [-0.15, -0.1) is 0 Å². The first-order valence-corrected chi connectivity index (χ1v) is 6.48. The van der Waals surface area contributed by atoms with Crippen molar-refractivity contribution in [3.8, 4) is 0 Å². The molecule has 0 unspecified atom stereocenters. The molecule has 0 spiro atoms. The van der Waals surface area contributed by atoms with Crippen LogP contribution in [0.2, 0.25) is 0 Å². The van der Waals surface area contributed by atoms with E-state index >= 15 is 0 Å². The molecular weight excluding hydrogens is 264 g/mol. The highest BCUT2D eigenvalue weighted by atomic mass is 16.4. The van der Waals surface area contributed by atoms with Crippen LogP contribution in [0.4, 0.5) is 0 Å². The number of carbonyl (C=O) groups is 2. The zero-order valence-corrected chi connectivity index (χ0v) is 11.6. The van der Waals surface area contributed by atoms with Gasteiger partial charge < -0.3 is 19.9 Å². The zero-order valence-electron chi connectivity index (χ0n) is 11.6. The molecule has 1 aromatic heterocycles. The summed E-state index contributed by atoms with van der Waals surface area (Å²) in [6.45, 7) is 6.08. The topological polar surface area (TPSA) is 103 Å². The average molecular weight is 284 g/mol. The van der Waals surface area contributed by atoms with Gasteiger partial charge in [-0.25, -0.2) is 4.79 Å². The Hall–Kier alpha value is -1.86. The van der Waals surface area contributed by atoms with E-state index in [1.165, 1.54) is 6.07 Å². The van der Waals surface area contributed by atoms with E-state index < -0.39 is 18.0 Å². The summed E-state index contributed by atoms with van der Waals surface area (Å²) in [5, 5.41) is 19.8. The Balaban J connectivity index is 2.53. The fraction of sp³-hybridized carbons (Fsp3) is 0.538. The van der Waals surface area contributed by atoms with Crippen LogP contribution in [-0.4, -0.2) is 52.7 Å². The van der Waals surface area contributed by atoms with Gasteiger partial charge in [-0.1, -0.05) is 13.8 Å². The van der Waals surface area contributed by atoms with Gasteiger partial charge in [0.05, 0.1) is 13.1 Å². The molecule has 0 aliphatic heterocycles. The maximum Gasteiger partial charge on any atom is 0.334 e. The number of amides is 1. The second-order valence-corrected chi connectivity index (χ2v) is 4.29. The molecule has 0 saturated carbocycles. The van der Waals surface area contributed by atoms with Crippen LogP contribution in [0, 0.1) is 0 Å². The van der Waals surface area contributed by atoms with Crippen molar-refractivity contribution < 1.29 is 24.2 Å². The number of nitrogens with zero attached hydrogens (tertiary/aromatic N) is 1. The number of carboxylic acids is 1. The number of rotatable bonds is 8. The first-order valence-electron chi connectivity index (χ1n) is 6.48. The molecule has 1 aromatic rings. The van der Waals surface area contributed by atoms with Gasteiger partial charge in [0, 0.05) is 0 Å². The quantitative estimate of drug-likeness (QED) is 0.634. The molecule has 0 fully saturated rings. The fourth-order valence-corrected chi connectivity index (χ4v) is 1.62. The molecule has 0 bridgehead atoms. The Morgan fingerprint density at radius 3 is 2.55 bits per heavy atom. The highest BCUT2D eigenvalue weighted by Crippen LogP contribution is 2.10. The second-order valence-electron chi connectivity index (χ2n) is 4.29. The number of hydrogen-bond acceptors (Lipinski definition) is 5. The van der Waals surface area contributed by atoms with Gasteiger partial charge in [0.25, 0.3) is 5.91 Å². The maximum atomic E-state index is 11.7. The summed E-state index contributed by atoms with van der Waals surface area (Å²) in [7, 11) is 0. The van der Waals surface area contributed by atoms with E-state index in [0.717, 1.165) is 13.1 Å². The Morgan fingerprint density at radius 1 is 1.35 bits per heavy atom. The predicted octanol–water partition coefficient (Wildman–Crippen LogP) is 0.297. The summed E-state index contributed by atoms with van der Waals surface area (Å²) in [6, 6.07) is 3.24. The van der Waals surface area contributed by atoms with Gasteiger partial charge in [-0.3, -0.25) is 9.69 Å². The number of aliphatic hydroxyl groups excluding tert-OH is 1. The standard InChI is InChI=1S/C13H20N2O5/c1-3-15(4-2)8-9-5-6-11(20-9)12(17)14-7-10(16)13(18)19/h5-6,10,16H,3-4,7-8H2,1-2H3,(H,14,17)(H,18,19)/t10-/m0/s1. The number of furan rings is 1. The van der Waals surface area contributed by atoms with Crippen LogP contribution in [-0.2, 0) is 11.3 Å². The molecule has 20 heavy (non-hydrogen) atoms. The third-order valence-electron chi connectivity index (χ3n) is 2.90. The van der Waals surface area contributed by atoms with Gasteiger partial charge in [0.1, 0.15) is 5.76 Å². The Morgan fingerprint density at radius 2 is 2.00 bits per heavy atom. The molecular formula is C13H20N2O5. The molecule has 3 N–H and O–H groups in total. The number of aliphatic carboxylic acids is 1. The van der Waals surface area contributed by atoms with Crippen molar-refractivity contribution in [3.05, 3.63) is 23.7 Å². The Bertz CT molecular complexity index is 453. The molecule has 0 aliphatic rings. The summed E-state index contributed by atoms with van der Waals surface area (Å²) in [5.74, 6) is -1.16. The highest BCUT2D eigenvalue weighted by molar-refractivity contribution is 5.91. The lowest BCUT2D eigenvalue weighted by atomic mass is 10.3. The van der Waals surface area contributed by atoms with Crippen LogP contribution in [0.15, 0.2) is 16.5 Å². The van der Waals surface area contributed by atoms with E-state index in [1.807, 2.05) is 13.8 Å². The lowest BCUT2D eigenvalue weighted by Gasteiger charge is -2.15. The minimum absolute atomic E-state index is 0.102. The van der Waals surface area contributed by atoms with Gasteiger partial charge in [-0.2, -0.15) is 0 Å². The van der Waals surface area contributed by atoms with E-state index in [2.05, 4.69) is 10.2 Å². The molecule has 0 aromatic carbocycles. The highest BCUT2D eigenvalue weighted by Gasteiger charge is 2.17. The van der Waals surface area contributed by atoms with Crippen LogP contribution >= 0.6 is 0 Å². The molecule has 1 atom stereocenters. The number of hydrogen-bond donors (Lipinski definition) is 3. The maximum absolute atomic E-state index is 11.7. The van der Waals surface area contributed by atoms with Crippen molar-refractivity contribution in [1.29, 1.82) is 0 Å². The largest absolute Gasteiger partial charge is 0.479 e. The molecule has 7 nitrogen and oxygen atoms in total. The SMILES string of the molecule is CCN(CC)Cc1ccc(C(=O)NC[C@H](O)C(=O)O)o1. The van der Waals surface area contributed by atoms with Crippen molar-refractivity contribution in [2.75, 3.05) is 19.6 Å². The summed E-state index contributed by atoms with van der Waals surface area (Å²) < 4.78 is 5.39. The van der Waals surface area contributed by atoms with E-state index in [-0.39, 0.29) is 12.3 Å². The number of nitrogens with one attached hydrogen (secondary N) is 1. The van der Waals surface area contributed by atoms with Crippen molar-refractivity contribution in [3.63, 3.8) is 0 Å². The van der Waals surface area contributed by atoms with Crippen molar-refractivity contribution in [2.45, 2.75) is 26.5 Å².